The van der Waals surface area contributed by atoms with E-state index in [1.54, 1.807) is 23.6 Å². The van der Waals surface area contributed by atoms with Crippen molar-refractivity contribution < 1.29 is 13.2 Å². The minimum Gasteiger partial charge on any atom is -0.351 e. The van der Waals surface area contributed by atoms with E-state index >= 15 is 0 Å². The third-order valence-electron chi connectivity index (χ3n) is 3.50. The molecule has 0 fully saturated rings. The van der Waals surface area contributed by atoms with Crippen molar-refractivity contribution in [3.8, 4) is 0 Å². The van der Waals surface area contributed by atoms with Crippen LogP contribution in [0.4, 0.5) is 0 Å². The Labute approximate surface area is 144 Å². The summed E-state index contributed by atoms with van der Waals surface area (Å²) in [5.41, 5.74) is 0.578. The Balaban J connectivity index is 1.60. The number of sulfonamides is 1. The van der Waals surface area contributed by atoms with Gasteiger partial charge in [0.1, 0.15) is 4.21 Å². The summed E-state index contributed by atoms with van der Waals surface area (Å²) in [6, 6.07) is 16.4. The molecular formula is C17H16N2O3S2. The maximum atomic E-state index is 12.3. The van der Waals surface area contributed by atoms with Gasteiger partial charge in [0.2, 0.25) is 10.0 Å². The van der Waals surface area contributed by atoms with Crippen LogP contribution in [0.3, 0.4) is 0 Å². The molecule has 0 saturated carbocycles. The summed E-state index contributed by atoms with van der Waals surface area (Å²) < 4.78 is 26.7. The van der Waals surface area contributed by atoms with E-state index in [0.717, 1.165) is 22.1 Å². The molecule has 7 heteroatoms. The van der Waals surface area contributed by atoms with Crippen molar-refractivity contribution in [3.05, 3.63) is 65.5 Å². The number of fused-ring (bicyclic) bond motifs is 1. The summed E-state index contributed by atoms with van der Waals surface area (Å²) in [5.74, 6) is -0.220. The lowest BCUT2D eigenvalue weighted by Gasteiger charge is -2.09. The largest absolute Gasteiger partial charge is 0.351 e. The van der Waals surface area contributed by atoms with Crippen LogP contribution >= 0.6 is 11.3 Å². The Kier molecular flexibility index (Phi) is 4.94. The van der Waals surface area contributed by atoms with E-state index in [0.29, 0.717) is 5.56 Å². The monoisotopic (exact) mass is 360 g/mol. The molecule has 2 aromatic carbocycles. The minimum atomic E-state index is -3.50. The molecule has 0 bridgehead atoms. The van der Waals surface area contributed by atoms with Gasteiger partial charge in [0.25, 0.3) is 5.91 Å². The molecule has 0 atom stereocenters. The highest BCUT2D eigenvalue weighted by atomic mass is 32.2. The Morgan fingerprint density at radius 3 is 2.54 bits per heavy atom. The molecule has 0 unspecified atom stereocenters. The Bertz CT molecular complexity index is 946. The zero-order valence-electron chi connectivity index (χ0n) is 12.7. The average molecular weight is 360 g/mol. The van der Waals surface area contributed by atoms with Crippen LogP contribution in [0.15, 0.2) is 64.2 Å². The van der Waals surface area contributed by atoms with Crippen LogP contribution in [0.25, 0.3) is 10.8 Å². The summed E-state index contributed by atoms with van der Waals surface area (Å²) in [4.78, 5) is 12.3. The molecule has 1 amide bonds. The third-order valence-corrected chi connectivity index (χ3v) is 6.36. The number of thiophene rings is 1. The highest BCUT2D eigenvalue weighted by Crippen LogP contribution is 2.18. The molecule has 0 saturated heterocycles. The van der Waals surface area contributed by atoms with Gasteiger partial charge in [-0.05, 0) is 28.3 Å². The van der Waals surface area contributed by atoms with Gasteiger partial charge in [0.05, 0.1) is 0 Å². The maximum Gasteiger partial charge on any atom is 0.251 e. The molecule has 0 aliphatic rings. The molecule has 3 aromatic rings. The number of hydrogen-bond donors (Lipinski definition) is 2. The second-order valence-electron chi connectivity index (χ2n) is 5.11. The van der Waals surface area contributed by atoms with Gasteiger partial charge in [-0.3, -0.25) is 4.79 Å². The van der Waals surface area contributed by atoms with E-state index in [1.807, 2.05) is 36.4 Å². The van der Waals surface area contributed by atoms with Gasteiger partial charge in [-0.2, -0.15) is 0 Å². The van der Waals surface area contributed by atoms with Gasteiger partial charge in [-0.15, -0.1) is 11.3 Å². The van der Waals surface area contributed by atoms with Crippen molar-refractivity contribution in [1.29, 1.82) is 0 Å². The molecular weight excluding hydrogens is 344 g/mol. The quantitative estimate of drug-likeness (QED) is 0.664. The minimum absolute atomic E-state index is 0.136. The Morgan fingerprint density at radius 1 is 0.958 bits per heavy atom. The first-order chi connectivity index (χ1) is 11.6. The van der Waals surface area contributed by atoms with Gasteiger partial charge in [-0.1, -0.05) is 42.5 Å². The average Bonchev–Trinajstić information content (AvgIpc) is 3.13. The predicted molar refractivity (Wildman–Crippen MR) is 95.8 cm³/mol. The zero-order chi connectivity index (χ0) is 17.0. The number of carbonyl (C=O) groups is 1. The predicted octanol–water partition coefficient (Wildman–Crippen LogP) is 2.61. The van der Waals surface area contributed by atoms with Crippen molar-refractivity contribution in [2.45, 2.75) is 4.21 Å². The van der Waals surface area contributed by atoms with E-state index in [4.69, 9.17) is 0 Å². The van der Waals surface area contributed by atoms with Crippen molar-refractivity contribution in [3.63, 3.8) is 0 Å². The summed E-state index contributed by atoms with van der Waals surface area (Å²) in [7, 11) is -3.50. The molecule has 2 N–H and O–H groups in total. The highest BCUT2D eigenvalue weighted by Gasteiger charge is 2.14. The van der Waals surface area contributed by atoms with Crippen molar-refractivity contribution >= 4 is 38.0 Å². The molecule has 3 rings (SSSR count). The molecule has 1 heterocycles. The molecule has 1 aromatic heterocycles. The molecule has 0 spiro atoms. The van der Waals surface area contributed by atoms with Gasteiger partial charge in [0, 0.05) is 18.7 Å². The van der Waals surface area contributed by atoms with E-state index in [1.165, 1.54) is 0 Å². The number of rotatable bonds is 6. The second-order valence-corrected chi connectivity index (χ2v) is 8.05. The number of hydrogen-bond acceptors (Lipinski definition) is 4. The number of benzene rings is 2. The molecule has 0 radical (unpaired) electrons. The molecule has 0 aliphatic heterocycles. The van der Waals surface area contributed by atoms with E-state index in [9.17, 15) is 13.2 Å². The van der Waals surface area contributed by atoms with Crippen LogP contribution in [0.2, 0.25) is 0 Å². The molecule has 124 valence electrons. The van der Waals surface area contributed by atoms with Crippen LogP contribution in [0, 0.1) is 0 Å². The lowest BCUT2D eigenvalue weighted by molar-refractivity contribution is 0.0956. The number of carbonyl (C=O) groups excluding carboxylic acids is 1. The number of nitrogens with one attached hydrogen (secondary N) is 2. The van der Waals surface area contributed by atoms with Gasteiger partial charge in [0.15, 0.2) is 0 Å². The zero-order valence-corrected chi connectivity index (χ0v) is 14.4. The Hall–Kier alpha value is -2.22. The fraction of sp³-hybridized carbons (Fsp3) is 0.118. The fourth-order valence-corrected chi connectivity index (χ4v) is 4.44. The summed E-state index contributed by atoms with van der Waals surface area (Å²) in [6.45, 7) is 0.351. The standard InChI is InChI=1S/C17H16N2O3S2/c20-17(15-8-3-6-13-5-1-2-7-14(13)15)18-10-11-19-24(21,22)16-9-4-12-23-16/h1-9,12,19H,10-11H2,(H,18,20). The van der Waals surface area contributed by atoms with Crippen LogP contribution < -0.4 is 10.0 Å². The van der Waals surface area contributed by atoms with Gasteiger partial charge < -0.3 is 5.32 Å². The first kappa shape index (κ1) is 16.6. The molecule has 5 nitrogen and oxygen atoms in total. The van der Waals surface area contributed by atoms with Gasteiger partial charge >= 0.3 is 0 Å². The van der Waals surface area contributed by atoms with Crippen LogP contribution in [-0.2, 0) is 10.0 Å². The summed E-state index contributed by atoms with van der Waals surface area (Å²) >= 11 is 1.15. The first-order valence-electron chi connectivity index (χ1n) is 7.37. The van der Waals surface area contributed by atoms with Crippen LogP contribution in [0.5, 0.6) is 0 Å². The van der Waals surface area contributed by atoms with E-state index in [-0.39, 0.29) is 23.2 Å². The van der Waals surface area contributed by atoms with Gasteiger partial charge in [-0.25, -0.2) is 13.1 Å². The first-order valence-corrected chi connectivity index (χ1v) is 9.73. The lowest BCUT2D eigenvalue weighted by Crippen LogP contribution is -2.34. The normalized spacial score (nSPS) is 11.5. The summed E-state index contributed by atoms with van der Waals surface area (Å²) in [6.07, 6.45) is 0. The van der Waals surface area contributed by atoms with Crippen molar-refractivity contribution in [2.75, 3.05) is 13.1 Å². The fourth-order valence-electron chi connectivity index (χ4n) is 2.37. The molecule has 24 heavy (non-hydrogen) atoms. The smallest absolute Gasteiger partial charge is 0.251 e. The van der Waals surface area contributed by atoms with Crippen LogP contribution in [0.1, 0.15) is 10.4 Å². The number of amides is 1. The summed E-state index contributed by atoms with van der Waals surface area (Å²) in [5, 5.41) is 6.31. The Morgan fingerprint density at radius 2 is 1.75 bits per heavy atom. The van der Waals surface area contributed by atoms with Crippen molar-refractivity contribution in [2.24, 2.45) is 0 Å². The van der Waals surface area contributed by atoms with E-state index in [2.05, 4.69) is 10.0 Å². The second kappa shape index (κ2) is 7.12. The van der Waals surface area contributed by atoms with E-state index < -0.39 is 10.0 Å². The van der Waals surface area contributed by atoms with Crippen molar-refractivity contribution in [1.82, 2.24) is 10.0 Å². The SMILES string of the molecule is O=C(NCCNS(=O)(=O)c1cccs1)c1cccc2ccccc12. The maximum absolute atomic E-state index is 12.3. The topological polar surface area (TPSA) is 75.3 Å². The molecule has 0 aliphatic carbocycles. The third kappa shape index (κ3) is 3.64. The van der Waals surface area contributed by atoms with Crippen LogP contribution in [-0.4, -0.2) is 27.4 Å². The highest BCUT2D eigenvalue weighted by molar-refractivity contribution is 7.91. The lowest BCUT2D eigenvalue weighted by atomic mass is 10.0.